The Morgan fingerprint density at radius 3 is 2.54 bits per heavy atom. The zero-order valence-corrected chi connectivity index (χ0v) is 16.2. The van der Waals surface area contributed by atoms with Crippen molar-refractivity contribution < 1.29 is 14.5 Å². The summed E-state index contributed by atoms with van der Waals surface area (Å²) in [6, 6.07) is 4.99. The molecule has 8 nitrogen and oxygen atoms in total. The number of nitro groups is 1. The Morgan fingerprint density at radius 2 is 1.89 bits per heavy atom. The zero-order valence-electron chi connectivity index (χ0n) is 16.2. The van der Waals surface area contributed by atoms with E-state index in [1.54, 1.807) is 17.0 Å². The number of carbonyl (C=O) groups excluding carboxylic acids is 1. The standard InChI is InChI=1S/C20H28N4O4/c25-20(23-6-1-2-7-23)18-13-17(3-4-19(18)24(26)27)22-10-8-21(9-11-22)14-16-5-12-28-15-16/h3-4,13,16H,1-2,5-12,14-15H2. The highest BCUT2D eigenvalue weighted by Gasteiger charge is 2.29. The van der Waals surface area contributed by atoms with Crippen molar-refractivity contribution in [1.82, 2.24) is 9.80 Å². The quantitative estimate of drug-likeness (QED) is 0.567. The third kappa shape index (κ3) is 4.12. The number of benzene rings is 1. The smallest absolute Gasteiger partial charge is 0.282 e. The fraction of sp³-hybridized carbons (Fsp3) is 0.650. The number of amides is 1. The molecule has 0 aliphatic carbocycles. The summed E-state index contributed by atoms with van der Waals surface area (Å²) in [6.45, 7) is 7.84. The lowest BCUT2D eigenvalue weighted by Crippen LogP contribution is -2.48. The summed E-state index contributed by atoms with van der Waals surface area (Å²) >= 11 is 0. The van der Waals surface area contributed by atoms with Crippen LogP contribution in [0.1, 0.15) is 29.6 Å². The molecule has 28 heavy (non-hydrogen) atoms. The minimum atomic E-state index is -0.450. The first kappa shape index (κ1) is 19.1. The zero-order chi connectivity index (χ0) is 19.5. The summed E-state index contributed by atoms with van der Waals surface area (Å²) in [5.41, 5.74) is 1.02. The highest BCUT2D eigenvalue weighted by Crippen LogP contribution is 2.28. The molecule has 1 amide bonds. The molecule has 0 N–H and O–H groups in total. The molecule has 0 spiro atoms. The molecule has 0 saturated carbocycles. The van der Waals surface area contributed by atoms with Gasteiger partial charge in [-0.25, -0.2) is 0 Å². The average molecular weight is 388 g/mol. The molecule has 1 atom stereocenters. The summed E-state index contributed by atoms with van der Waals surface area (Å²) in [6.07, 6.45) is 3.07. The topological polar surface area (TPSA) is 79.2 Å². The Kier molecular flexibility index (Phi) is 5.77. The van der Waals surface area contributed by atoms with Gasteiger partial charge in [0, 0.05) is 64.2 Å². The second-order valence-electron chi connectivity index (χ2n) is 7.98. The summed E-state index contributed by atoms with van der Waals surface area (Å²) in [5.74, 6) is 0.418. The van der Waals surface area contributed by atoms with Crippen LogP contribution in [0, 0.1) is 16.0 Å². The molecule has 3 saturated heterocycles. The summed E-state index contributed by atoms with van der Waals surface area (Å²) in [4.78, 5) is 30.3. The predicted molar refractivity (Wildman–Crippen MR) is 106 cm³/mol. The highest BCUT2D eigenvalue weighted by atomic mass is 16.6. The van der Waals surface area contributed by atoms with Gasteiger partial charge in [-0.15, -0.1) is 0 Å². The molecular weight excluding hydrogens is 360 g/mol. The van der Waals surface area contributed by atoms with Gasteiger partial charge < -0.3 is 14.5 Å². The number of carbonyl (C=O) groups is 1. The van der Waals surface area contributed by atoms with Gasteiger partial charge in [0.05, 0.1) is 11.5 Å². The van der Waals surface area contributed by atoms with Crippen LogP contribution in [0.3, 0.4) is 0 Å². The van der Waals surface area contributed by atoms with Crippen LogP contribution in [-0.2, 0) is 4.74 Å². The number of nitrogens with zero attached hydrogens (tertiary/aromatic N) is 4. The number of hydrogen-bond donors (Lipinski definition) is 0. The second kappa shape index (κ2) is 8.45. The Labute approximate surface area is 165 Å². The van der Waals surface area contributed by atoms with Gasteiger partial charge in [0.25, 0.3) is 11.6 Å². The number of piperazine rings is 1. The van der Waals surface area contributed by atoms with Crippen LogP contribution in [0.15, 0.2) is 18.2 Å². The van der Waals surface area contributed by atoms with E-state index in [9.17, 15) is 14.9 Å². The molecule has 3 aliphatic rings. The Balaban J connectivity index is 1.45. The van der Waals surface area contributed by atoms with Gasteiger partial charge >= 0.3 is 0 Å². The van der Waals surface area contributed by atoms with Gasteiger partial charge in [-0.2, -0.15) is 0 Å². The fourth-order valence-corrected chi connectivity index (χ4v) is 4.42. The summed E-state index contributed by atoms with van der Waals surface area (Å²) < 4.78 is 5.47. The average Bonchev–Trinajstić information content (AvgIpc) is 3.42. The number of likely N-dealkylation sites (tertiary alicyclic amines) is 1. The van der Waals surface area contributed by atoms with E-state index in [2.05, 4.69) is 9.80 Å². The SMILES string of the molecule is O=C(c1cc(N2CCN(CC3CCOC3)CC2)ccc1[N+](=O)[O-])N1CCCC1. The number of ether oxygens (including phenoxy) is 1. The van der Waals surface area contributed by atoms with Crippen LogP contribution in [0.2, 0.25) is 0 Å². The number of hydrogen-bond acceptors (Lipinski definition) is 6. The number of nitro benzene ring substituents is 1. The van der Waals surface area contributed by atoms with Crippen LogP contribution < -0.4 is 4.90 Å². The van der Waals surface area contributed by atoms with Gasteiger partial charge in [0.2, 0.25) is 0 Å². The number of anilines is 1. The van der Waals surface area contributed by atoms with Gasteiger partial charge in [-0.1, -0.05) is 0 Å². The summed E-state index contributed by atoms with van der Waals surface area (Å²) in [5, 5.41) is 11.4. The molecule has 3 heterocycles. The van der Waals surface area contributed by atoms with Crippen molar-refractivity contribution in [3.8, 4) is 0 Å². The first-order valence-corrected chi connectivity index (χ1v) is 10.2. The molecule has 0 aromatic heterocycles. The van der Waals surface area contributed by atoms with Crippen LogP contribution in [0.4, 0.5) is 11.4 Å². The molecule has 152 valence electrons. The van der Waals surface area contributed by atoms with E-state index in [0.29, 0.717) is 19.0 Å². The maximum atomic E-state index is 12.8. The molecule has 1 aromatic carbocycles. The number of rotatable bonds is 5. The first-order chi connectivity index (χ1) is 13.6. The van der Waals surface area contributed by atoms with Crippen LogP contribution >= 0.6 is 0 Å². The van der Waals surface area contributed by atoms with Crippen molar-refractivity contribution in [2.75, 3.05) is 63.9 Å². The van der Waals surface area contributed by atoms with Crippen molar-refractivity contribution in [3.63, 3.8) is 0 Å². The van der Waals surface area contributed by atoms with E-state index >= 15 is 0 Å². The molecule has 1 unspecified atom stereocenters. The molecule has 0 bridgehead atoms. The Morgan fingerprint density at radius 1 is 1.14 bits per heavy atom. The molecule has 0 radical (unpaired) electrons. The van der Waals surface area contributed by atoms with E-state index in [-0.39, 0.29) is 17.2 Å². The molecule has 3 fully saturated rings. The molecular formula is C20H28N4O4. The first-order valence-electron chi connectivity index (χ1n) is 10.2. The summed E-state index contributed by atoms with van der Waals surface area (Å²) in [7, 11) is 0. The molecule has 1 aromatic rings. The second-order valence-corrected chi connectivity index (χ2v) is 7.98. The lowest BCUT2D eigenvalue weighted by molar-refractivity contribution is -0.385. The van der Waals surface area contributed by atoms with Gasteiger partial charge in [-0.05, 0) is 37.3 Å². The third-order valence-electron chi connectivity index (χ3n) is 6.08. The third-order valence-corrected chi connectivity index (χ3v) is 6.08. The maximum Gasteiger partial charge on any atom is 0.282 e. The minimum Gasteiger partial charge on any atom is -0.381 e. The predicted octanol–water partition coefficient (Wildman–Crippen LogP) is 1.99. The van der Waals surface area contributed by atoms with Crippen LogP contribution in [0.25, 0.3) is 0 Å². The Bertz CT molecular complexity index is 721. The lowest BCUT2D eigenvalue weighted by atomic mass is 10.1. The van der Waals surface area contributed by atoms with E-state index in [0.717, 1.165) is 70.9 Å². The maximum absolute atomic E-state index is 12.8. The largest absolute Gasteiger partial charge is 0.381 e. The van der Waals surface area contributed by atoms with Crippen molar-refractivity contribution in [3.05, 3.63) is 33.9 Å². The highest BCUT2D eigenvalue weighted by molar-refractivity contribution is 5.99. The van der Waals surface area contributed by atoms with E-state index in [1.165, 1.54) is 6.07 Å². The van der Waals surface area contributed by atoms with Crippen molar-refractivity contribution >= 4 is 17.3 Å². The normalized spacial score (nSPS) is 23.4. The van der Waals surface area contributed by atoms with Crippen LogP contribution in [-0.4, -0.2) is 79.7 Å². The van der Waals surface area contributed by atoms with E-state index in [1.807, 2.05) is 0 Å². The molecule has 3 aliphatic heterocycles. The van der Waals surface area contributed by atoms with Crippen molar-refractivity contribution in [2.45, 2.75) is 19.3 Å². The van der Waals surface area contributed by atoms with Gasteiger partial charge in [0.15, 0.2) is 0 Å². The molecule has 4 rings (SSSR count). The fourth-order valence-electron chi connectivity index (χ4n) is 4.42. The van der Waals surface area contributed by atoms with Gasteiger partial charge in [-0.3, -0.25) is 19.8 Å². The molecule has 8 heteroatoms. The minimum absolute atomic E-state index is 0.0967. The van der Waals surface area contributed by atoms with Crippen molar-refractivity contribution in [2.24, 2.45) is 5.92 Å². The monoisotopic (exact) mass is 388 g/mol. The van der Waals surface area contributed by atoms with Crippen LogP contribution in [0.5, 0.6) is 0 Å². The van der Waals surface area contributed by atoms with Crippen molar-refractivity contribution in [1.29, 1.82) is 0 Å². The van der Waals surface area contributed by atoms with E-state index < -0.39 is 4.92 Å². The Hall–Kier alpha value is -2.19. The van der Waals surface area contributed by atoms with E-state index in [4.69, 9.17) is 4.74 Å². The van der Waals surface area contributed by atoms with Gasteiger partial charge in [0.1, 0.15) is 5.56 Å². The lowest BCUT2D eigenvalue weighted by Gasteiger charge is -2.37.